The molecule has 5 fully saturated rings. The Labute approximate surface area is 235 Å². The van der Waals surface area contributed by atoms with E-state index in [1.807, 2.05) is 0 Å². The van der Waals surface area contributed by atoms with Crippen LogP contribution in [-0.4, -0.2) is 64.9 Å². The molecule has 0 bridgehead atoms. The molecule has 40 heavy (non-hydrogen) atoms. The molecule has 1 aromatic carbocycles. The van der Waals surface area contributed by atoms with Crippen LogP contribution in [0.2, 0.25) is 0 Å². The number of Topliss-reactive ketones (excluding diaryl/α,β-unsaturated/α-hetero) is 1. The van der Waals surface area contributed by atoms with Crippen molar-refractivity contribution in [3.63, 3.8) is 0 Å². The Kier molecular flexibility index (Phi) is 6.93. The van der Waals surface area contributed by atoms with E-state index in [9.17, 15) is 27.9 Å². The molecular weight excluding hydrogens is 517 g/mol. The summed E-state index contributed by atoms with van der Waals surface area (Å²) in [5, 5.41) is 11.8. The number of hydrogen-bond donors (Lipinski definition) is 1. The third kappa shape index (κ3) is 4.61. The van der Waals surface area contributed by atoms with Crippen LogP contribution in [0.4, 0.5) is 13.2 Å². The molecule has 1 heterocycles. The van der Waals surface area contributed by atoms with Crippen molar-refractivity contribution >= 4 is 11.7 Å². The quantitative estimate of drug-likeness (QED) is 0.507. The van der Waals surface area contributed by atoms with Crippen molar-refractivity contribution in [2.45, 2.75) is 83.4 Å². The summed E-state index contributed by atoms with van der Waals surface area (Å²) in [7, 11) is 0. The number of ketones is 1. The zero-order chi connectivity index (χ0) is 28.5. The standard InChI is InChI=1S/C32H43F3N2O3/c1-29-13-14-31(40,19-21(29)7-8-22-24-9-10-27(38)30(24,2)12-11-25(22)29)20-36-15-17-37(18-16-36)28(39)23-5-3-4-6-26(23)32(33,34)35/h3-6,21-22,24-25,40H,7-20H2,1-2H3/t21?,22-,24-,25+,29-,30-,31?/m0/s1. The third-order valence-corrected chi connectivity index (χ3v) is 12.2. The van der Waals surface area contributed by atoms with E-state index in [1.54, 1.807) is 0 Å². The summed E-state index contributed by atoms with van der Waals surface area (Å²) in [6.45, 7) is 7.02. The molecule has 1 aromatic rings. The largest absolute Gasteiger partial charge is 0.417 e. The fraction of sp³-hybridized carbons (Fsp3) is 0.750. The van der Waals surface area contributed by atoms with Gasteiger partial charge < -0.3 is 10.0 Å². The molecule has 1 saturated heterocycles. The number of nitrogens with zero attached hydrogens (tertiary/aromatic N) is 2. The minimum Gasteiger partial charge on any atom is -0.389 e. The van der Waals surface area contributed by atoms with Gasteiger partial charge in [0.25, 0.3) is 5.91 Å². The van der Waals surface area contributed by atoms with Crippen molar-refractivity contribution < 1.29 is 27.9 Å². The number of fused-ring (bicyclic) bond motifs is 5. The summed E-state index contributed by atoms with van der Waals surface area (Å²) in [6, 6.07) is 4.99. The monoisotopic (exact) mass is 560 g/mol. The Bertz CT molecular complexity index is 1160. The van der Waals surface area contributed by atoms with Crippen LogP contribution < -0.4 is 0 Å². The maximum atomic E-state index is 13.4. The predicted octanol–water partition coefficient (Wildman–Crippen LogP) is 5.81. The summed E-state index contributed by atoms with van der Waals surface area (Å²) in [6.07, 6.45) is 4.18. The van der Waals surface area contributed by atoms with Gasteiger partial charge in [0.15, 0.2) is 0 Å². The van der Waals surface area contributed by atoms with Gasteiger partial charge in [-0.3, -0.25) is 14.5 Å². The van der Waals surface area contributed by atoms with Gasteiger partial charge in [-0.15, -0.1) is 0 Å². The van der Waals surface area contributed by atoms with E-state index >= 15 is 0 Å². The van der Waals surface area contributed by atoms with E-state index in [0.29, 0.717) is 62.2 Å². The summed E-state index contributed by atoms with van der Waals surface area (Å²) in [5.74, 6) is 2.16. The molecule has 0 aromatic heterocycles. The highest BCUT2D eigenvalue weighted by atomic mass is 19.4. The van der Waals surface area contributed by atoms with Crippen molar-refractivity contribution in [1.82, 2.24) is 9.80 Å². The molecule has 8 heteroatoms. The highest BCUT2D eigenvalue weighted by Crippen LogP contribution is 2.66. The van der Waals surface area contributed by atoms with Gasteiger partial charge in [0.05, 0.1) is 16.7 Å². The smallest absolute Gasteiger partial charge is 0.389 e. The van der Waals surface area contributed by atoms with Gasteiger partial charge in [0, 0.05) is 44.6 Å². The highest BCUT2D eigenvalue weighted by molar-refractivity contribution is 5.96. The fourth-order valence-corrected chi connectivity index (χ4v) is 9.85. The Balaban J connectivity index is 1.07. The van der Waals surface area contributed by atoms with E-state index in [2.05, 4.69) is 18.7 Å². The number of hydrogen-bond acceptors (Lipinski definition) is 4. The van der Waals surface area contributed by atoms with Gasteiger partial charge in [-0.05, 0) is 92.6 Å². The van der Waals surface area contributed by atoms with E-state index in [0.717, 1.165) is 63.9 Å². The molecule has 4 saturated carbocycles. The average Bonchev–Trinajstić information content (AvgIpc) is 3.23. The van der Waals surface area contributed by atoms with Gasteiger partial charge in [-0.25, -0.2) is 0 Å². The van der Waals surface area contributed by atoms with Crippen LogP contribution >= 0.6 is 0 Å². The Morgan fingerprint density at radius 2 is 1.70 bits per heavy atom. The molecule has 2 unspecified atom stereocenters. The molecule has 7 atom stereocenters. The first-order valence-electron chi connectivity index (χ1n) is 15.3. The molecule has 0 spiro atoms. The predicted molar refractivity (Wildman–Crippen MR) is 145 cm³/mol. The number of carbonyl (C=O) groups excluding carboxylic acids is 2. The number of piperazine rings is 1. The second kappa shape index (κ2) is 9.82. The lowest BCUT2D eigenvalue weighted by molar-refractivity contribution is -0.157. The SMILES string of the molecule is C[C@]12CCC(O)(CN3CCN(C(=O)c4ccccc4C(F)(F)F)CC3)CC1CC[C@@H]1[C@H]2CC[C@]2(C)C(=O)CC[C@@H]12. The number of benzene rings is 1. The van der Waals surface area contributed by atoms with Gasteiger partial charge >= 0.3 is 6.18 Å². The van der Waals surface area contributed by atoms with Crippen LogP contribution in [0.1, 0.15) is 87.6 Å². The molecule has 1 aliphatic heterocycles. The number of amides is 1. The first-order chi connectivity index (χ1) is 18.8. The minimum atomic E-state index is -4.57. The lowest BCUT2D eigenvalue weighted by Crippen LogP contribution is -2.59. The van der Waals surface area contributed by atoms with Crippen molar-refractivity contribution in [3.8, 4) is 0 Å². The number of carbonyl (C=O) groups is 2. The lowest BCUT2D eigenvalue weighted by atomic mass is 9.44. The van der Waals surface area contributed by atoms with Crippen LogP contribution in [-0.2, 0) is 11.0 Å². The fourth-order valence-electron chi connectivity index (χ4n) is 9.85. The van der Waals surface area contributed by atoms with Crippen molar-refractivity contribution in [2.24, 2.45) is 34.5 Å². The molecule has 5 aliphatic rings. The number of aliphatic hydroxyl groups is 1. The van der Waals surface area contributed by atoms with Gasteiger partial charge in [0.1, 0.15) is 5.78 Å². The number of β-amino-alcohol motifs (C(OH)–C–C–N with tert-alkyl or cyclic N) is 1. The molecule has 0 radical (unpaired) electrons. The van der Waals surface area contributed by atoms with E-state index in [1.165, 1.54) is 23.1 Å². The topological polar surface area (TPSA) is 60.9 Å². The molecular formula is C32H43F3N2O3. The van der Waals surface area contributed by atoms with Crippen LogP contribution in [0.3, 0.4) is 0 Å². The second-order valence-corrected chi connectivity index (χ2v) is 14.1. The molecule has 1 N–H and O–H groups in total. The highest BCUT2D eigenvalue weighted by Gasteiger charge is 2.61. The summed E-state index contributed by atoms with van der Waals surface area (Å²) in [5.41, 5.74) is -1.87. The minimum absolute atomic E-state index is 0.113. The summed E-state index contributed by atoms with van der Waals surface area (Å²) in [4.78, 5) is 29.4. The normalized spacial score (nSPS) is 40.4. The molecule has 5 nitrogen and oxygen atoms in total. The zero-order valence-electron chi connectivity index (χ0n) is 23.8. The molecule has 4 aliphatic carbocycles. The Hall–Kier alpha value is -1.93. The number of rotatable bonds is 3. The van der Waals surface area contributed by atoms with E-state index in [4.69, 9.17) is 0 Å². The van der Waals surface area contributed by atoms with E-state index in [-0.39, 0.29) is 16.4 Å². The maximum Gasteiger partial charge on any atom is 0.417 e. The third-order valence-electron chi connectivity index (χ3n) is 12.2. The summed E-state index contributed by atoms with van der Waals surface area (Å²) < 4.78 is 40.3. The van der Waals surface area contributed by atoms with Crippen molar-refractivity contribution in [1.29, 1.82) is 0 Å². The zero-order valence-corrected chi connectivity index (χ0v) is 23.8. The molecule has 6 rings (SSSR count). The summed E-state index contributed by atoms with van der Waals surface area (Å²) >= 11 is 0. The first kappa shape index (κ1) is 28.2. The molecule has 220 valence electrons. The van der Waals surface area contributed by atoms with Crippen LogP contribution in [0, 0.1) is 34.5 Å². The van der Waals surface area contributed by atoms with Crippen molar-refractivity contribution in [3.05, 3.63) is 35.4 Å². The van der Waals surface area contributed by atoms with Gasteiger partial charge in [0.2, 0.25) is 0 Å². The number of alkyl halides is 3. The van der Waals surface area contributed by atoms with Crippen molar-refractivity contribution in [2.75, 3.05) is 32.7 Å². The number of halogens is 3. The first-order valence-corrected chi connectivity index (χ1v) is 15.3. The van der Waals surface area contributed by atoms with Crippen LogP contribution in [0.5, 0.6) is 0 Å². The molecule has 1 amide bonds. The van der Waals surface area contributed by atoms with Gasteiger partial charge in [-0.2, -0.15) is 13.2 Å². The Morgan fingerprint density at radius 3 is 2.42 bits per heavy atom. The Morgan fingerprint density at radius 1 is 0.975 bits per heavy atom. The lowest BCUT2D eigenvalue weighted by Gasteiger charge is -2.61. The van der Waals surface area contributed by atoms with Crippen LogP contribution in [0.15, 0.2) is 24.3 Å². The second-order valence-electron chi connectivity index (χ2n) is 14.1. The maximum absolute atomic E-state index is 13.4. The average molecular weight is 561 g/mol. The van der Waals surface area contributed by atoms with E-state index < -0.39 is 23.2 Å². The van der Waals surface area contributed by atoms with Gasteiger partial charge in [-0.1, -0.05) is 26.0 Å². The van der Waals surface area contributed by atoms with Crippen LogP contribution in [0.25, 0.3) is 0 Å².